The Morgan fingerprint density at radius 1 is 1.33 bits per heavy atom. The standard InChI is InChI=1S/C15H18N2O4/c1-5-20-14(18)15(2,3)13-16-12(17-21-13)10-8-6-7-9-11(10)19-4/h6-9H,5H2,1-4H3. The molecule has 0 unspecified atom stereocenters. The topological polar surface area (TPSA) is 74.5 Å². The summed E-state index contributed by atoms with van der Waals surface area (Å²) in [6, 6.07) is 7.34. The lowest BCUT2D eigenvalue weighted by atomic mass is 9.94. The number of benzene rings is 1. The van der Waals surface area contributed by atoms with E-state index in [0.29, 0.717) is 23.7 Å². The van der Waals surface area contributed by atoms with Gasteiger partial charge in [-0.3, -0.25) is 4.79 Å². The van der Waals surface area contributed by atoms with E-state index >= 15 is 0 Å². The number of nitrogens with zero attached hydrogens (tertiary/aromatic N) is 2. The molecule has 6 nitrogen and oxygen atoms in total. The number of rotatable bonds is 5. The Kier molecular flexibility index (Phi) is 4.26. The molecule has 0 bridgehead atoms. The molecule has 0 amide bonds. The monoisotopic (exact) mass is 290 g/mol. The largest absolute Gasteiger partial charge is 0.496 e. The van der Waals surface area contributed by atoms with E-state index < -0.39 is 11.4 Å². The summed E-state index contributed by atoms with van der Waals surface area (Å²) in [4.78, 5) is 16.3. The first-order chi connectivity index (χ1) is 10.0. The number of methoxy groups -OCH3 is 1. The SMILES string of the molecule is CCOC(=O)C(C)(C)c1nc(-c2ccccc2OC)no1. The van der Waals surface area contributed by atoms with Crippen LogP contribution in [0, 0.1) is 0 Å². The van der Waals surface area contributed by atoms with Gasteiger partial charge in [-0.15, -0.1) is 0 Å². The van der Waals surface area contributed by atoms with Gasteiger partial charge in [0.15, 0.2) is 0 Å². The maximum atomic E-state index is 12.0. The molecule has 1 aromatic carbocycles. The van der Waals surface area contributed by atoms with Crippen molar-refractivity contribution in [3.63, 3.8) is 0 Å². The second-order valence-electron chi connectivity index (χ2n) is 4.97. The van der Waals surface area contributed by atoms with E-state index in [1.165, 1.54) is 0 Å². The lowest BCUT2D eigenvalue weighted by Gasteiger charge is -2.17. The first-order valence-corrected chi connectivity index (χ1v) is 6.65. The molecule has 0 aliphatic rings. The lowest BCUT2D eigenvalue weighted by Crippen LogP contribution is -2.31. The van der Waals surface area contributed by atoms with Crippen molar-refractivity contribution >= 4 is 5.97 Å². The Balaban J connectivity index is 2.36. The number of esters is 1. The molecule has 0 radical (unpaired) electrons. The van der Waals surface area contributed by atoms with Crippen LogP contribution >= 0.6 is 0 Å². The predicted molar refractivity (Wildman–Crippen MR) is 75.9 cm³/mol. The fourth-order valence-corrected chi connectivity index (χ4v) is 1.81. The molecule has 6 heteroatoms. The molecule has 0 aliphatic heterocycles. The van der Waals surface area contributed by atoms with Crippen molar-refractivity contribution in [3.05, 3.63) is 30.2 Å². The summed E-state index contributed by atoms with van der Waals surface area (Å²) in [5, 5.41) is 3.93. The van der Waals surface area contributed by atoms with Gasteiger partial charge in [0.1, 0.15) is 11.2 Å². The zero-order valence-corrected chi connectivity index (χ0v) is 12.5. The van der Waals surface area contributed by atoms with Crippen LogP contribution in [0.15, 0.2) is 28.8 Å². The van der Waals surface area contributed by atoms with Crippen molar-refractivity contribution in [3.8, 4) is 17.1 Å². The van der Waals surface area contributed by atoms with Crippen LogP contribution in [0.5, 0.6) is 5.75 Å². The summed E-state index contributed by atoms with van der Waals surface area (Å²) in [5.41, 5.74) is -0.293. The van der Waals surface area contributed by atoms with Crippen LogP contribution in [0.1, 0.15) is 26.7 Å². The maximum absolute atomic E-state index is 12.0. The minimum Gasteiger partial charge on any atom is -0.496 e. The molecule has 0 fully saturated rings. The van der Waals surface area contributed by atoms with Crippen molar-refractivity contribution in [2.24, 2.45) is 0 Å². The molecule has 0 atom stereocenters. The van der Waals surface area contributed by atoms with Crippen LogP contribution in [-0.4, -0.2) is 29.8 Å². The second-order valence-corrected chi connectivity index (χ2v) is 4.97. The Morgan fingerprint density at radius 2 is 2.05 bits per heavy atom. The summed E-state index contributed by atoms with van der Waals surface area (Å²) in [5.74, 6) is 0.820. The summed E-state index contributed by atoms with van der Waals surface area (Å²) in [7, 11) is 1.57. The van der Waals surface area contributed by atoms with Gasteiger partial charge in [-0.2, -0.15) is 4.98 Å². The Bertz CT molecular complexity index is 634. The molecule has 0 saturated carbocycles. The zero-order valence-electron chi connectivity index (χ0n) is 12.5. The molecule has 1 heterocycles. The zero-order chi connectivity index (χ0) is 15.5. The molecule has 112 valence electrons. The van der Waals surface area contributed by atoms with Gasteiger partial charge in [-0.25, -0.2) is 0 Å². The van der Waals surface area contributed by atoms with Crippen molar-refractivity contribution in [1.82, 2.24) is 10.1 Å². The fourth-order valence-electron chi connectivity index (χ4n) is 1.81. The van der Waals surface area contributed by atoms with Crippen LogP contribution < -0.4 is 4.74 Å². The van der Waals surface area contributed by atoms with E-state index in [2.05, 4.69) is 10.1 Å². The van der Waals surface area contributed by atoms with Gasteiger partial charge in [0, 0.05) is 0 Å². The third-order valence-electron chi connectivity index (χ3n) is 3.09. The molecule has 0 saturated heterocycles. The number of ether oxygens (including phenoxy) is 2. The van der Waals surface area contributed by atoms with Gasteiger partial charge in [-0.05, 0) is 32.9 Å². The van der Waals surface area contributed by atoms with E-state index in [1.807, 2.05) is 24.3 Å². The summed E-state index contributed by atoms with van der Waals surface area (Å²) in [6.07, 6.45) is 0. The highest BCUT2D eigenvalue weighted by atomic mass is 16.5. The molecular weight excluding hydrogens is 272 g/mol. The van der Waals surface area contributed by atoms with Crippen LogP contribution in [0.3, 0.4) is 0 Å². The molecule has 0 aliphatic carbocycles. The Morgan fingerprint density at radius 3 is 2.71 bits per heavy atom. The van der Waals surface area contributed by atoms with Crippen LogP contribution in [0.2, 0.25) is 0 Å². The average Bonchev–Trinajstić information content (AvgIpc) is 2.97. The highest BCUT2D eigenvalue weighted by Crippen LogP contribution is 2.30. The van der Waals surface area contributed by atoms with Crippen molar-refractivity contribution in [2.75, 3.05) is 13.7 Å². The molecule has 2 rings (SSSR count). The molecule has 1 aromatic heterocycles. The number of hydrogen-bond donors (Lipinski definition) is 0. The normalized spacial score (nSPS) is 11.2. The van der Waals surface area contributed by atoms with Crippen molar-refractivity contribution < 1.29 is 18.8 Å². The number of carbonyl (C=O) groups excluding carboxylic acids is 1. The second kappa shape index (κ2) is 5.95. The molecular formula is C15H18N2O4. The number of aromatic nitrogens is 2. The van der Waals surface area contributed by atoms with Crippen molar-refractivity contribution in [1.29, 1.82) is 0 Å². The third kappa shape index (κ3) is 2.89. The summed E-state index contributed by atoms with van der Waals surface area (Å²) in [6.45, 7) is 5.42. The molecule has 21 heavy (non-hydrogen) atoms. The van der Waals surface area contributed by atoms with Gasteiger partial charge < -0.3 is 14.0 Å². The molecule has 2 aromatic rings. The molecule has 0 spiro atoms. The Hall–Kier alpha value is -2.37. The average molecular weight is 290 g/mol. The molecule has 0 N–H and O–H groups in total. The third-order valence-corrected chi connectivity index (χ3v) is 3.09. The van der Waals surface area contributed by atoms with Crippen LogP contribution in [0.25, 0.3) is 11.4 Å². The smallest absolute Gasteiger partial charge is 0.321 e. The number of hydrogen-bond acceptors (Lipinski definition) is 6. The lowest BCUT2D eigenvalue weighted by molar-refractivity contribution is -0.149. The maximum Gasteiger partial charge on any atom is 0.321 e. The van der Waals surface area contributed by atoms with Crippen LogP contribution in [-0.2, 0) is 14.9 Å². The van der Waals surface area contributed by atoms with E-state index in [1.54, 1.807) is 27.9 Å². The first-order valence-electron chi connectivity index (χ1n) is 6.65. The van der Waals surface area contributed by atoms with E-state index in [9.17, 15) is 4.79 Å². The van der Waals surface area contributed by atoms with Gasteiger partial charge in [0.05, 0.1) is 19.3 Å². The summed E-state index contributed by atoms with van der Waals surface area (Å²) >= 11 is 0. The Labute approximate surface area is 123 Å². The highest BCUT2D eigenvalue weighted by Gasteiger charge is 2.37. The number of carbonyl (C=O) groups is 1. The van der Waals surface area contributed by atoms with E-state index in [-0.39, 0.29) is 5.89 Å². The predicted octanol–water partition coefficient (Wildman–Crippen LogP) is 2.59. The summed E-state index contributed by atoms with van der Waals surface area (Å²) < 4.78 is 15.5. The van der Waals surface area contributed by atoms with Gasteiger partial charge in [-0.1, -0.05) is 17.3 Å². The quantitative estimate of drug-likeness (QED) is 0.788. The van der Waals surface area contributed by atoms with Crippen molar-refractivity contribution in [2.45, 2.75) is 26.2 Å². The first kappa shape index (κ1) is 15.0. The van der Waals surface area contributed by atoms with Gasteiger partial charge in [0.2, 0.25) is 11.7 Å². The van der Waals surface area contributed by atoms with Crippen LogP contribution in [0.4, 0.5) is 0 Å². The van der Waals surface area contributed by atoms with Gasteiger partial charge >= 0.3 is 5.97 Å². The van der Waals surface area contributed by atoms with E-state index in [0.717, 1.165) is 0 Å². The number of para-hydroxylation sites is 1. The minimum absolute atomic E-state index is 0.210. The minimum atomic E-state index is -0.997. The highest BCUT2D eigenvalue weighted by molar-refractivity contribution is 5.81. The van der Waals surface area contributed by atoms with E-state index in [4.69, 9.17) is 14.0 Å². The van der Waals surface area contributed by atoms with Gasteiger partial charge in [0.25, 0.3) is 0 Å². The fraction of sp³-hybridized carbons (Fsp3) is 0.400.